The molecular formula is C48H58F2N2O8. The third-order valence-electron chi connectivity index (χ3n) is 11.7. The molecule has 1 aliphatic heterocycles. The van der Waals surface area contributed by atoms with Crippen molar-refractivity contribution in [2.24, 2.45) is 22.9 Å². The minimum absolute atomic E-state index is 0.0151. The van der Waals surface area contributed by atoms with Gasteiger partial charge in [0.25, 0.3) is 0 Å². The maximum absolute atomic E-state index is 14.7. The fourth-order valence-corrected chi connectivity index (χ4v) is 9.06. The molecule has 0 bridgehead atoms. The second-order valence-electron chi connectivity index (χ2n) is 15.5. The van der Waals surface area contributed by atoms with Gasteiger partial charge in [-0.15, -0.1) is 13.2 Å². The first-order valence-electron chi connectivity index (χ1n) is 21.1. The van der Waals surface area contributed by atoms with Crippen LogP contribution in [0.3, 0.4) is 0 Å². The number of hydrogen-bond acceptors (Lipinski definition) is 9. The molecule has 0 saturated heterocycles. The van der Waals surface area contributed by atoms with Crippen LogP contribution in [0.4, 0.5) is 13.6 Å². The van der Waals surface area contributed by atoms with E-state index in [1.165, 1.54) is 18.2 Å². The number of carbonyl (C=O) groups excluding carboxylic acids is 1. The molecule has 2 N–H and O–H groups in total. The van der Waals surface area contributed by atoms with Crippen LogP contribution in [0.1, 0.15) is 80.9 Å². The van der Waals surface area contributed by atoms with Crippen LogP contribution in [0.2, 0.25) is 0 Å². The number of unbranched alkanes of at least 4 members (excludes halogenated alkanes) is 2. The van der Waals surface area contributed by atoms with Crippen molar-refractivity contribution in [2.75, 3.05) is 33.0 Å². The molecule has 1 amide bonds. The van der Waals surface area contributed by atoms with E-state index in [0.29, 0.717) is 54.2 Å². The van der Waals surface area contributed by atoms with Crippen molar-refractivity contribution in [2.45, 2.75) is 89.2 Å². The Kier molecular flexibility index (Phi) is 15.9. The number of allylic oxidation sites excluding steroid dienone is 1. The summed E-state index contributed by atoms with van der Waals surface area (Å²) in [7, 11) is 0. The molecule has 3 aliphatic rings. The second kappa shape index (κ2) is 21.5. The zero-order valence-corrected chi connectivity index (χ0v) is 34.5. The molecule has 3 aromatic carbocycles. The molecule has 6 rings (SSSR count). The van der Waals surface area contributed by atoms with Crippen LogP contribution in [0.25, 0.3) is 0 Å². The third kappa shape index (κ3) is 10.1. The van der Waals surface area contributed by atoms with Gasteiger partial charge in [-0.2, -0.15) is 0 Å². The second-order valence-corrected chi connectivity index (χ2v) is 15.5. The van der Waals surface area contributed by atoms with Crippen molar-refractivity contribution in [1.82, 2.24) is 4.90 Å². The van der Waals surface area contributed by atoms with Crippen LogP contribution >= 0.6 is 0 Å². The summed E-state index contributed by atoms with van der Waals surface area (Å²) in [6, 6.07) is 17.2. The topological polar surface area (TPSA) is 119 Å². The molecule has 6 atom stereocenters. The van der Waals surface area contributed by atoms with E-state index in [1.807, 2.05) is 19.1 Å². The molecule has 60 heavy (non-hydrogen) atoms. The molecule has 10 nitrogen and oxygen atoms in total. The Balaban J connectivity index is 1.57. The first-order chi connectivity index (χ1) is 29.3. The van der Waals surface area contributed by atoms with E-state index in [0.717, 1.165) is 36.8 Å². The Bertz CT molecular complexity index is 1970. The van der Waals surface area contributed by atoms with Crippen LogP contribution in [0, 0.1) is 29.4 Å². The van der Waals surface area contributed by atoms with Gasteiger partial charge in [-0.25, -0.2) is 13.6 Å². The number of halogens is 2. The largest absolute Gasteiger partial charge is 0.489 e. The standard InChI is InChI=1S/C48H58F2N2O8/c1-4-7-27-56-47(55)52(31-33-18-20-36(49)21-19-33)44-30-42(51-59-6-3)39-28-34(14-10-12-24-53)38(16-11-13-25-54)45-40-29-37(57-32-35-15-8-9-17-41(35)50)22-23-43(40)60-48(44,46(39)45)58-26-5-2/h4-5,8-9,15,17-23,28-29,34,38,44-46,53-54H,1-2,6-7,10-14,16,24-27,30-32H2,3H3/t34-,38+,44-,45+,46+,48+/m0/s1. The number of carbonyl (C=O) groups is 1. The minimum Gasteiger partial charge on any atom is -0.489 e. The Morgan fingerprint density at radius 2 is 1.77 bits per heavy atom. The third-order valence-corrected chi connectivity index (χ3v) is 11.7. The van der Waals surface area contributed by atoms with Gasteiger partial charge in [0.05, 0.1) is 24.8 Å². The fourth-order valence-electron chi connectivity index (χ4n) is 9.06. The molecule has 2 aliphatic carbocycles. The Labute approximate surface area is 352 Å². The van der Waals surface area contributed by atoms with Gasteiger partial charge in [0, 0.05) is 43.2 Å². The van der Waals surface area contributed by atoms with E-state index in [2.05, 4.69) is 19.2 Å². The molecule has 322 valence electrons. The van der Waals surface area contributed by atoms with Gasteiger partial charge in [0.2, 0.25) is 5.79 Å². The van der Waals surface area contributed by atoms with Crippen molar-refractivity contribution >= 4 is 11.8 Å². The lowest BCUT2D eigenvalue weighted by Gasteiger charge is -2.59. The van der Waals surface area contributed by atoms with Crippen molar-refractivity contribution in [3.8, 4) is 11.5 Å². The van der Waals surface area contributed by atoms with Crippen molar-refractivity contribution in [3.05, 3.63) is 132 Å². The summed E-state index contributed by atoms with van der Waals surface area (Å²) in [5, 5.41) is 24.5. The van der Waals surface area contributed by atoms with Crippen molar-refractivity contribution in [1.29, 1.82) is 0 Å². The van der Waals surface area contributed by atoms with E-state index in [-0.39, 0.29) is 69.6 Å². The van der Waals surface area contributed by atoms with E-state index >= 15 is 0 Å². The lowest BCUT2D eigenvalue weighted by Crippen LogP contribution is -2.70. The van der Waals surface area contributed by atoms with Crippen LogP contribution in [0.5, 0.6) is 11.5 Å². The van der Waals surface area contributed by atoms with Gasteiger partial charge < -0.3 is 34.0 Å². The van der Waals surface area contributed by atoms with Gasteiger partial charge >= 0.3 is 6.09 Å². The Morgan fingerprint density at radius 1 is 1.00 bits per heavy atom. The molecule has 0 aromatic heterocycles. The van der Waals surface area contributed by atoms with Crippen LogP contribution in [-0.2, 0) is 27.5 Å². The van der Waals surface area contributed by atoms with Gasteiger partial charge in [-0.3, -0.25) is 4.90 Å². The Hall–Kier alpha value is -5.04. The molecule has 0 spiro atoms. The van der Waals surface area contributed by atoms with Gasteiger partial charge in [0.15, 0.2) is 0 Å². The molecule has 1 saturated carbocycles. The number of aliphatic hydroxyl groups is 2. The first kappa shape index (κ1) is 44.5. The van der Waals surface area contributed by atoms with Crippen molar-refractivity contribution < 1.29 is 47.6 Å². The zero-order valence-electron chi connectivity index (χ0n) is 34.5. The predicted molar refractivity (Wildman–Crippen MR) is 225 cm³/mol. The lowest BCUT2D eigenvalue weighted by molar-refractivity contribution is -0.256. The van der Waals surface area contributed by atoms with Crippen molar-refractivity contribution in [3.63, 3.8) is 0 Å². The average molecular weight is 829 g/mol. The van der Waals surface area contributed by atoms with E-state index in [9.17, 15) is 23.8 Å². The minimum atomic E-state index is -1.53. The highest BCUT2D eigenvalue weighted by Gasteiger charge is 2.65. The lowest BCUT2D eigenvalue weighted by atomic mass is 9.55. The maximum Gasteiger partial charge on any atom is 0.410 e. The highest BCUT2D eigenvalue weighted by molar-refractivity contribution is 6.03. The summed E-state index contributed by atoms with van der Waals surface area (Å²) in [5.41, 5.74) is 3.47. The molecule has 0 unspecified atom stereocenters. The summed E-state index contributed by atoms with van der Waals surface area (Å²) in [6.45, 7) is 10.3. The molecule has 12 heteroatoms. The normalized spacial score (nSPS) is 23.4. The van der Waals surface area contributed by atoms with Crippen LogP contribution in [-0.4, -0.2) is 71.8 Å². The zero-order chi connectivity index (χ0) is 42.5. The van der Waals surface area contributed by atoms with Gasteiger partial charge in [0.1, 0.15) is 42.4 Å². The number of amides is 1. The number of ether oxygens (including phenoxy) is 4. The summed E-state index contributed by atoms with van der Waals surface area (Å²) >= 11 is 0. The summed E-state index contributed by atoms with van der Waals surface area (Å²) < 4.78 is 55.4. The highest BCUT2D eigenvalue weighted by atomic mass is 19.1. The number of fused-ring (bicyclic) bond motifs is 2. The highest BCUT2D eigenvalue weighted by Crippen LogP contribution is 2.62. The molecule has 3 aromatic rings. The summed E-state index contributed by atoms with van der Waals surface area (Å²) in [5.74, 6) is -2.07. The first-order valence-corrected chi connectivity index (χ1v) is 21.1. The monoisotopic (exact) mass is 828 g/mol. The smallest absolute Gasteiger partial charge is 0.410 e. The van der Waals surface area contributed by atoms with Gasteiger partial charge in [-0.05, 0) is 98.4 Å². The average Bonchev–Trinajstić information content (AvgIpc) is 3.25. The number of hydrogen-bond donors (Lipinski definition) is 2. The molecular weight excluding hydrogens is 771 g/mol. The quantitative estimate of drug-likeness (QED) is 0.0585. The fraction of sp³-hybridized carbons (Fsp3) is 0.458. The number of nitrogens with zero attached hydrogens (tertiary/aromatic N) is 2. The molecule has 0 radical (unpaired) electrons. The molecule has 1 fully saturated rings. The number of aliphatic hydroxyl groups excluding tert-OH is 2. The van der Waals surface area contributed by atoms with Crippen LogP contribution < -0.4 is 9.47 Å². The number of oxime groups is 1. The van der Waals surface area contributed by atoms with Gasteiger partial charge in [-0.1, -0.05) is 66.6 Å². The maximum atomic E-state index is 14.7. The number of rotatable bonds is 22. The van der Waals surface area contributed by atoms with Crippen LogP contribution in [0.15, 0.2) is 109 Å². The summed E-state index contributed by atoms with van der Waals surface area (Å²) in [6.07, 6.45) is 9.91. The van der Waals surface area contributed by atoms with E-state index < -0.39 is 29.7 Å². The number of benzene rings is 3. The predicted octanol–water partition coefficient (Wildman–Crippen LogP) is 9.41. The van der Waals surface area contributed by atoms with E-state index in [1.54, 1.807) is 53.5 Å². The summed E-state index contributed by atoms with van der Waals surface area (Å²) in [4.78, 5) is 21.9. The SMILES string of the molecule is C=CCCOC(=O)N(Cc1ccc(F)cc1)[C@H]1CC(=NOCC)C2=C[C@H](CCCCO)[C@@H](CCCCO)[C@@H]3c4cc(OCc5ccccc5F)ccc4O[C@@]1(OCC=C)[C@H]23. The molecule has 1 heterocycles. The Morgan fingerprint density at radius 3 is 2.48 bits per heavy atom. The van der Waals surface area contributed by atoms with E-state index in [4.69, 9.17) is 28.9 Å².